The molecule has 98 valence electrons. The van der Waals surface area contributed by atoms with Crippen LogP contribution in [0.5, 0.6) is 0 Å². The Morgan fingerprint density at radius 3 is 2.72 bits per heavy atom. The third-order valence-electron chi connectivity index (χ3n) is 2.60. The zero-order chi connectivity index (χ0) is 13.5. The highest BCUT2D eigenvalue weighted by atomic mass is 16.5. The predicted molar refractivity (Wildman–Crippen MR) is 78.3 cm³/mol. The van der Waals surface area contributed by atoms with Crippen LogP contribution in [0.4, 0.5) is 5.69 Å². The molecule has 1 aromatic carbocycles. The SMILES string of the molecule is C=C(OC)c1cccc(CCC)c1N=CN(C)C. The molecule has 18 heavy (non-hydrogen) atoms. The summed E-state index contributed by atoms with van der Waals surface area (Å²) in [6.07, 6.45) is 3.90. The number of ether oxygens (including phenoxy) is 1. The second-order valence-electron chi connectivity index (χ2n) is 4.40. The highest BCUT2D eigenvalue weighted by molar-refractivity contribution is 5.75. The van der Waals surface area contributed by atoms with Gasteiger partial charge in [-0.2, -0.15) is 0 Å². The van der Waals surface area contributed by atoms with Gasteiger partial charge in [0, 0.05) is 19.7 Å². The van der Waals surface area contributed by atoms with Crippen LogP contribution in [0.25, 0.3) is 5.76 Å². The van der Waals surface area contributed by atoms with Crippen LogP contribution in [-0.2, 0) is 11.2 Å². The summed E-state index contributed by atoms with van der Waals surface area (Å²) in [6.45, 7) is 6.09. The molecular formula is C15H22N2O. The molecular weight excluding hydrogens is 224 g/mol. The van der Waals surface area contributed by atoms with Crippen LogP contribution < -0.4 is 0 Å². The van der Waals surface area contributed by atoms with E-state index in [4.69, 9.17) is 4.74 Å². The van der Waals surface area contributed by atoms with Crippen LogP contribution in [0.1, 0.15) is 24.5 Å². The molecule has 3 nitrogen and oxygen atoms in total. The van der Waals surface area contributed by atoms with E-state index >= 15 is 0 Å². The summed E-state index contributed by atoms with van der Waals surface area (Å²) >= 11 is 0. The summed E-state index contributed by atoms with van der Waals surface area (Å²) < 4.78 is 5.23. The zero-order valence-corrected chi connectivity index (χ0v) is 11.7. The van der Waals surface area contributed by atoms with Crippen molar-refractivity contribution in [1.82, 2.24) is 4.90 Å². The summed E-state index contributed by atoms with van der Waals surface area (Å²) in [7, 11) is 5.54. The second kappa shape index (κ2) is 6.84. The van der Waals surface area contributed by atoms with Gasteiger partial charge in [0.05, 0.1) is 19.1 Å². The molecule has 0 aliphatic carbocycles. The van der Waals surface area contributed by atoms with Gasteiger partial charge in [-0.1, -0.05) is 32.1 Å². The molecule has 0 saturated carbocycles. The van der Waals surface area contributed by atoms with E-state index in [9.17, 15) is 0 Å². The molecule has 0 spiro atoms. The lowest BCUT2D eigenvalue weighted by atomic mass is 10.0. The van der Waals surface area contributed by atoms with Crippen molar-refractivity contribution in [2.45, 2.75) is 19.8 Å². The van der Waals surface area contributed by atoms with Crippen molar-refractivity contribution in [3.8, 4) is 0 Å². The highest BCUT2D eigenvalue weighted by Crippen LogP contribution is 2.30. The fourth-order valence-corrected chi connectivity index (χ4v) is 1.72. The van der Waals surface area contributed by atoms with Crippen LogP contribution in [0, 0.1) is 0 Å². The van der Waals surface area contributed by atoms with E-state index in [0.717, 1.165) is 24.1 Å². The van der Waals surface area contributed by atoms with Gasteiger partial charge in [0.15, 0.2) is 0 Å². The second-order valence-corrected chi connectivity index (χ2v) is 4.40. The minimum Gasteiger partial charge on any atom is -0.497 e. The Hall–Kier alpha value is -1.77. The van der Waals surface area contributed by atoms with Gasteiger partial charge in [-0.05, 0) is 18.1 Å². The Bertz CT molecular complexity index is 436. The van der Waals surface area contributed by atoms with Gasteiger partial charge in [-0.3, -0.25) is 0 Å². The Labute approximate surface area is 110 Å². The standard InChI is InChI=1S/C15H22N2O/c1-6-8-13-9-7-10-14(12(2)18-5)15(13)16-11-17(3)4/h7,9-11H,2,6,8H2,1,3-5H3. The molecule has 0 bridgehead atoms. The van der Waals surface area contributed by atoms with E-state index in [1.807, 2.05) is 31.1 Å². The number of hydrogen-bond acceptors (Lipinski definition) is 2. The number of nitrogens with zero attached hydrogens (tertiary/aromatic N) is 2. The molecule has 0 fully saturated rings. The molecule has 0 amide bonds. The van der Waals surface area contributed by atoms with Crippen molar-refractivity contribution in [2.24, 2.45) is 4.99 Å². The summed E-state index contributed by atoms with van der Waals surface area (Å²) in [4.78, 5) is 6.47. The van der Waals surface area contributed by atoms with E-state index in [2.05, 4.69) is 24.6 Å². The lowest BCUT2D eigenvalue weighted by Crippen LogP contribution is -2.07. The molecule has 0 saturated heterocycles. The van der Waals surface area contributed by atoms with E-state index in [1.165, 1.54) is 5.56 Å². The molecule has 0 unspecified atom stereocenters. The molecule has 0 aliphatic rings. The molecule has 0 atom stereocenters. The normalized spacial score (nSPS) is 10.7. The monoisotopic (exact) mass is 246 g/mol. The average molecular weight is 246 g/mol. The molecule has 0 N–H and O–H groups in total. The van der Waals surface area contributed by atoms with E-state index in [1.54, 1.807) is 13.4 Å². The maximum atomic E-state index is 5.23. The first kappa shape index (κ1) is 14.3. The number of methoxy groups -OCH3 is 1. The lowest BCUT2D eigenvalue weighted by molar-refractivity contribution is 0.371. The van der Waals surface area contributed by atoms with Gasteiger partial charge in [0.1, 0.15) is 5.76 Å². The smallest absolute Gasteiger partial charge is 0.121 e. The van der Waals surface area contributed by atoms with Crippen molar-refractivity contribution >= 4 is 17.8 Å². The Morgan fingerprint density at radius 1 is 1.44 bits per heavy atom. The summed E-state index contributed by atoms with van der Waals surface area (Å²) in [5.74, 6) is 0.652. The van der Waals surface area contributed by atoms with Gasteiger partial charge in [-0.25, -0.2) is 4.99 Å². The number of hydrogen-bond donors (Lipinski definition) is 0. The fraction of sp³-hybridized carbons (Fsp3) is 0.400. The number of para-hydroxylation sites is 1. The number of benzene rings is 1. The van der Waals surface area contributed by atoms with Gasteiger partial charge in [-0.15, -0.1) is 0 Å². The summed E-state index contributed by atoms with van der Waals surface area (Å²) in [5.41, 5.74) is 3.15. The first-order chi connectivity index (χ1) is 8.60. The van der Waals surface area contributed by atoms with Gasteiger partial charge < -0.3 is 9.64 Å². The third-order valence-corrected chi connectivity index (χ3v) is 2.60. The maximum absolute atomic E-state index is 5.23. The lowest BCUT2D eigenvalue weighted by Gasteiger charge is -2.13. The summed E-state index contributed by atoms with van der Waals surface area (Å²) in [5, 5.41) is 0. The van der Waals surface area contributed by atoms with Crippen LogP contribution >= 0.6 is 0 Å². The molecule has 3 heteroatoms. The number of aliphatic imine (C=N–C) groups is 1. The molecule has 0 aromatic heterocycles. The quantitative estimate of drug-likeness (QED) is 0.436. The third kappa shape index (κ3) is 3.62. The number of rotatable bonds is 6. The fourth-order valence-electron chi connectivity index (χ4n) is 1.72. The van der Waals surface area contributed by atoms with Gasteiger partial charge in [0.25, 0.3) is 0 Å². The van der Waals surface area contributed by atoms with E-state index < -0.39 is 0 Å². The first-order valence-electron chi connectivity index (χ1n) is 6.16. The molecule has 0 heterocycles. The minimum atomic E-state index is 0.652. The number of aryl methyl sites for hydroxylation is 1. The molecule has 0 aliphatic heterocycles. The van der Waals surface area contributed by atoms with Crippen molar-refractivity contribution in [2.75, 3.05) is 21.2 Å². The van der Waals surface area contributed by atoms with Crippen molar-refractivity contribution in [3.05, 3.63) is 35.9 Å². The molecule has 1 aromatic rings. The molecule has 1 rings (SSSR count). The van der Waals surface area contributed by atoms with E-state index in [-0.39, 0.29) is 0 Å². The van der Waals surface area contributed by atoms with Gasteiger partial charge >= 0.3 is 0 Å². The Morgan fingerprint density at radius 2 is 2.17 bits per heavy atom. The van der Waals surface area contributed by atoms with Crippen LogP contribution in [-0.4, -0.2) is 32.4 Å². The van der Waals surface area contributed by atoms with E-state index in [0.29, 0.717) is 5.76 Å². The summed E-state index contributed by atoms with van der Waals surface area (Å²) in [6, 6.07) is 6.13. The molecule has 0 radical (unpaired) electrons. The van der Waals surface area contributed by atoms with Gasteiger partial charge in [0.2, 0.25) is 0 Å². The average Bonchev–Trinajstić information content (AvgIpc) is 2.36. The highest BCUT2D eigenvalue weighted by Gasteiger charge is 2.09. The van der Waals surface area contributed by atoms with Crippen LogP contribution in [0.2, 0.25) is 0 Å². The maximum Gasteiger partial charge on any atom is 0.121 e. The van der Waals surface area contributed by atoms with Crippen molar-refractivity contribution in [3.63, 3.8) is 0 Å². The largest absolute Gasteiger partial charge is 0.497 e. The first-order valence-corrected chi connectivity index (χ1v) is 6.16. The topological polar surface area (TPSA) is 24.8 Å². The predicted octanol–water partition coefficient (Wildman–Crippen LogP) is 3.48. The van der Waals surface area contributed by atoms with Crippen LogP contribution in [0.3, 0.4) is 0 Å². The van der Waals surface area contributed by atoms with Crippen molar-refractivity contribution < 1.29 is 4.74 Å². The van der Waals surface area contributed by atoms with Crippen LogP contribution in [0.15, 0.2) is 29.8 Å². The zero-order valence-electron chi connectivity index (χ0n) is 11.7. The Kier molecular flexibility index (Phi) is 5.43. The Balaban J connectivity index is 3.24. The van der Waals surface area contributed by atoms with Crippen molar-refractivity contribution in [1.29, 1.82) is 0 Å². The minimum absolute atomic E-state index is 0.652.